The van der Waals surface area contributed by atoms with E-state index >= 15 is 0 Å². The maximum Gasteiger partial charge on any atom is 0.265 e. The van der Waals surface area contributed by atoms with Crippen LogP contribution in [0.1, 0.15) is 17.6 Å². The van der Waals surface area contributed by atoms with Gasteiger partial charge < -0.3 is 0 Å². The summed E-state index contributed by atoms with van der Waals surface area (Å²) in [7, 11) is 0. The van der Waals surface area contributed by atoms with Crippen molar-refractivity contribution in [2.45, 2.75) is 13.3 Å². The Morgan fingerprint density at radius 1 is 1.58 bits per heavy atom. The molecule has 0 aromatic carbocycles. The lowest BCUT2D eigenvalue weighted by Gasteiger charge is -2.07. The third kappa shape index (κ3) is 1.85. The van der Waals surface area contributed by atoms with E-state index < -0.39 is 6.43 Å². The number of hydrogen-bond acceptors (Lipinski definition) is 1. The zero-order chi connectivity index (χ0) is 9.30. The second-order valence-corrected chi connectivity index (χ2v) is 3.70. The molecule has 1 aromatic rings. The Hall–Kier alpha value is 0.0300. The average molecular weight is 303 g/mol. The molecule has 1 nitrogen and oxygen atoms in total. The number of hydrogen-bond donors (Lipinski definition) is 0. The summed E-state index contributed by atoms with van der Waals surface area (Å²) < 4.78 is 25.1. The topological polar surface area (TPSA) is 12.9 Å². The Kier molecular flexibility index (Phi) is 3.22. The molecule has 0 N–H and O–H groups in total. The molecule has 66 valence electrons. The molecule has 5 heteroatoms. The van der Waals surface area contributed by atoms with Gasteiger partial charge in [-0.2, -0.15) is 0 Å². The van der Waals surface area contributed by atoms with Crippen LogP contribution >= 0.6 is 34.2 Å². The molecule has 0 aliphatic carbocycles. The van der Waals surface area contributed by atoms with Crippen LogP contribution in [0.25, 0.3) is 0 Å². The van der Waals surface area contributed by atoms with Crippen LogP contribution in [0.4, 0.5) is 8.78 Å². The van der Waals surface area contributed by atoms with Crippen molar-refractivity contribution in [1.82, 2.24) is 4.98 Å². The molecule has 0 saturated heterocycles. The van der Waals surface area contributed by atoms with Gasteiger partial charge >= 0.3 is 0 Å². The zero-order valence-corrected chi connectivity index (χ0v) is 9.03. The van der Waals surface area contributed by atoms with Gasteiger partial charge in [0.1, 0.15) is 5.15 Å². The molecule has 0 fully saturated rings. The van der Waals surface area contributed by atoms with Crippen LogP contribution in [0, 0.1) is 10.5 Å². The summed E-state index contributed by atoms with van der Waals surface area (Å²) >= 11 is 7.35. The van der Waals surface area contributed by atoms with Crippen LogP contribution in [-0.4, -0.2) is 4.98 Å². The third-order valence-corrected chi connectivity index (χ3v) is 3.13. The fourth-order valence-electron chi connectivity index (χ4n) is 0.832. The molecule has 1 aromatic heterocycles. The SMILES string of the molecule is Cc1cnc(Cl)c(I)c1C(F)F. The zero-order valence-electron chi connectivity index (χ0n) is 6.11. The third-order valence-electron chi connectivity index (χ3n) is 1.43. The molecule has 0 saturated carbocycles. The van der Waals surface area contributed by atoms with Gasteiger partial charge in [0.15, 0.2) is 0 Å². The first-order valence-corrected chi connectivity index (χ1v) is 4.58. The van der Waals surface area contributed by atoms with Crippen LogP contribution in [0.5, 0.6) is 0 Å². The van der Waals surface area contributed by atoms with Crippen molar-refractivity contribution in [3.8, 4) is 0 Å². The number of rotatable bonds is 1. The van der Waals surface area contributed by atoms with Gasteiger partial charge in [0.25, 0.3) is 6.43 Å². The number of nitrogens with zero attached hydrogens (tertiary/aromatic N) is 1. The molecular weight excluding hydrogens is 298 g/mol. The fraction of sp³-hybridized carbons (Fsp3) is 0.286. The lowest BCUT2D eigenvalue weighted by molar-refractivity contribution is 0.149. The average Bonchev–Trinajstić information content (AvgIpc) is 1.97. The highest BCUT2D eigenvalue weighted by Gasteiger charge is 2.17. The van der Waals surface area contributed by atoms with Crippen LogP contribution in [0.2, 0.25) is 5.15 Å². The van der Waals surface area contributed by atoms with Gasteiger partial charge in [-0.3, -0.25) is 0 Å². The lowest BCUT2D eigenvalue weighted by Crippen LogP contribution is -1.96. The van der Waals surface area contributed by atoms with E-state index in [1.54, 1.807) is 29.5 Å². The Balaban J connectivity index is 3.33. The summed E-state index contributed by atoms with van der Waals surface area (Å²) in [6.07, 6.45) is -1.14. The maximum atomic E-state index is 12.4. The highest BCUT2D eigenvalue weighted by atomic mass is 127. The molecule has 0 amide bonds. The number of aryl methyl sites for hydroxylation is 1. The maximum absolute atomic E-state index is 12.4. The highest BCUT2D eigenvalue weighted by Crippen LogP contribution is 2.30. The van der Waals surface area contributed by atoms with Gasteiger partial charge in [-0.1, -0.05) is 11.6 Å². The normalized spacial score (nSPS) is 10.8. The molecule has 1 heterocycles. The molecule has 1 rings (SSSR count). The molecule has 12 heavy (non-hydrogen) atoms. The summed E-state index contributed by atoms with van der Waals surface area (Å²) in [4.78, 5) is 3.75. The molecule has 0 unspecified atom stereocenters. The van der Waals surface area contributed by atoms with Gasteiger partial charge in [-0.15, -0.1) is 0 Å². The van der Waals surface area contributed by atoms with Gasteiger partial charge in [0, 0.05) is 11.8 Å². The van der Waals surface area contributed by atoms with Crippen molar-refractivity contribution in [1.29, 1.82) is 0 Å². The van der Waals surface area contributed by atoms with Crippen LogP contribution < -0.4 is 0 Å². The summed E-state index contributed by atoms with van der Waals surface area (Å²) in [5.74, 6) is 0. The van der Waals surface area contributed by atoms with Crippen molar-refractivity contribution < 1.29 is 8.78 Å². The second-order valence-electron chi connectivity index (χ2n) is 2.26. The number of pyridine rings is 1. The Morgan fingerprint density at radius 3 is 2.58 bits per heavy atom. The van der Waals surface area contributed by atoms with Crippen molar-refractivity contribution in [2.24, 2.45) is 0 Å². The predicted molar refractivity (Wildman–Crippen MR) is 51.7 cm³/mol. The first-order chi connectivity index (χ1) is 5.54. The Labute approximate surface area is 87.3 Å². The summed E-state index contributed by atoms with van der Waals surface area (Å²) in [6.45, 7) is 1.59. The molecule has 0 spiro atoms. The van der Waals surface area contributed by atoms with Gasteiger partial charge in [0.2, 0.25) is 0 Å². The van der Waals surface area contributed by atoms with E-state index in [0.717, 1.165) is 0 Å². The highest BCUT2D eigenvalue weighted by molar-refractivity contribution is 14.1. The minimum absolute atomic E-state index is 0.0180. The molecule has 0 bridgehead atoms. The van der Waals surface area contributed by atoms with E-state index in [-0.39, 0.29) is 10.7 Å². The fourth-order valence-corrected chi connectivity index (χ4v) is 1.78. The molecule has 0 radical (unpaired) electrons. The molecular formula is C7H5ClF2IN. The van der Waals surface area contributed by atoms with Crippen molar-refractivity contribution in [2.75, 3.05) is 0 Å². The van der Waals surface area contributed by atoms with Crippen LogP contribution in [0.15, 0.2) is 6.20 Å². The minimum atomic E-state index is -2.49. The first kappa shape index (κ1) is 10.1. The monoisotopic (exact) mass is 303 g/mol. The van der Waals surface area contributed by atoms with Gasteiger partial charge in [-0.05, 0) is 35.1 Å². The second kappa shape index (κ2) is 3.83. The quantitative estimate of drug-likeness (QED) is 0.571. The minimum Gasteiger partial charge on any atom is -0.243 e. The van der Waals surface area contributed by atoms with Gasteiger partial charge in [0.05, 0.1) is 3.57 Å². The van der Waals surface area contributed by atoms with Crippen LogP contribution in [0.3, 0.4) is 0 Å². The molecule has 0 aliphatic rings. The number of alkyl halides is 2. The van der Waals surface area contributed by atoms with E-state index in [1.165, 1.54) is 6.20 Å². The largest absolute Gasteiger partial charge is 0.265 e. The Bertz CT molecular complexity index is 304. The predicted octanol–water partition coefficient (Wildman–Crippen LogP) is 3.59. The number of aromatic nitrogens is 1. The molecule has 0 aliphatic heterocycles. The summed E-state index contributed by atoms with van der Waals surface area (Å²) in [5, 5.41) is 0.136. The van der Waals surface area contributed by atoms with E-state index in [0.29, 0.717) is 9.13 Å². The number of halogens is 4. The summed E-state index contributed by atoms with van der Waals surface area (Å²) in [5.41, 5.74) is 0.453. The van der Waals surface area contributed by atoms with E-state index in [1.807, 2.05) is 0 Å². The lowest BCUT2D eigenvalue weighted by atomic mass is 10.2. The smallest absolute Gasteiger partial charge is 0.243 e. The first-order valence-electron chi connectivity index (χ1n) is 3.12. The van der Waals surface area contributed by atoms with Crippen LogP contribution in [-0.2, 0) is 0 Å². The summed E-state index contributed by atoms with van der Waals surface area (Å²) in [6, 6.07) is 0. The van der Waals surface area contributed by atoms with Gasteiger partial charge in [-0.25, -0.2) is 13.8 Å². The molecule has 0 atom stereocenters. The van der Waals surface area contributed by atoms with E-state index in [2.05, 4.69) is 4.98 Å². The van der Waals surface area contributed by atoms with E-state index in [9.17, 15) is 8.78 Å². The van der Waals surface area contributed by atoms with Crippen molar-refractivity contribution in [3.63, 3.8) is 0 Å². The van der Waals surface area contributed by atoms with E-state index in [4.69, 9.17) is 11.6 Å². The van der Waals surface area contributed by atoms with Crippen molar-refractivity contribution in [3.05, 3.63) is 26.0 Å². The standard InChI is InChI=1S/C7H5ClF2IN/c1-3-2-12-6(8)5(11)4(3)7(9)10/h2,7H,1H3. The van der Waals surface area contributed by atoms with Crippen molar-refractivity contribution >= 4 is 34.2 Å². The Morgan fingerprint density at radius 2 is 2.17 bits per heavy atom.